The minimum absolute atomic E-state index is 0.196. The lowest BCUT2D eigenvalue weighted by atomic mass is 10.0. The van der Waals surface area contributed by atoms with Crippen molar-refractivity contribution in [1.29, 1.82) is 0 Å². The summed E-state index contributed by atoms with van der Waals surface area (Å²) >= 11 is 3.34. The topological polar surface area (TPSA) is 104 Å². The fourth-order valence-corrected chi connectivity index (χ4v) is 3.90. The molecule has 2 aromatic rings. The summed E-state index contributed by atoms with van der Waals surface area (Å²) in [6.07, 6.45) is 4.91. The first kappa shape index (κ1) is 26.6. The minimum Gasteiger partial charge on any atom is -0.490 e. The van der Waals surface area contributed by atoms with Crippen molar-refractivity contribution in [2.45, 2.75) is 25.3 Å². The Bertz CT molecular complexity index is 1080. The van der Waals surface area contributed by atoms with E-state index in [4.69, 9.17) is 14.9 Å². The van der Waals surface area contributed by atoms with E-state index in [9.17, 15) is 18.8 Å². The lowest BCUT2D eigenvalue weighted by Gasteiger charge is -2.15. The van der Waals surface area contributed by atoms with Crippen LogP contribution in [-0.4, -0.2) is 59.1 Å². The second-order valence-corrected chi connectivity index (χ2v) is 9.64. The first-order valence-electron chi connectivity index (χ1n) is 11.2. The molecule has 35 heavy (non-hydrogen) atoms. The largest absolute Gasteiger partial charge is 0.490 e. The van der Waals surface area contributed by atoms with E-state index in [1.54, 1.807) is 36.4 Å². The van der Waals surface area contributed by atoms with E-state index in [2.05, 4.69) is 27.9 Å². The summed E-state index contributed by atoms with van der Waals surface area (Å²) in [5, 5.41) is 15.6. The second-order valence-electron chi connectivity index (χ2n) is 8.73. The van der Waals surface area contributed by atoms with Gasteiger partial charge in [-0.2, -0.15) is 0 Å². The molecule has 2 aromatic carbocycles. The van der Waals surface area contributed by atoms with Crippen LogP contribution < -0.4 is 4.74 Å². The van der Waals surface area contributed by atoms with Crippen molar-refractivity contribution in [2.24, 2.45) is 11.8 Å². The molecular weight excluding hydrogens is 521 g/mol. The number of halogens is 2. The maximum atomic E-state index is 14.4. The van der Waals surface area contributed by atoms with Crippen molar-refractivity contribution in [1.82, 2.24) is 4.90 Å². The third kappa shape index (κ3) is 8.60. The smallest absolute Gasteiger partial charge is 0.328 e. The standard InChI is InChI=1S/C22H23BrFNO2.C4H4O4/c1-25(19-7-8-19)12-16-10-17(16)13-27-21-9-4-15(11-20(21)24)22(26)14-2-5-18(23)6-3-14;5-3(6)1-2-4(7)8/h2-6,9,11,16-17,19H,7-8,10,12-13H2,1H3;1-2H,(H,5,6)(H,7,8). The molecule has 186 valence electrons. The van der Waals surface area contributed by atoms with Gasteiger partial charge in [-0.15, -0.1) is 0 Å². The van der Waals surface area contributed by atoms with Gasteiger partial charge >= 0.3 is 11.9 Å². The van der Waals surface area contributed by atoms with E-state index >= 15 is 0 Å². The molecule has 7 nitrogen and oxygen atoms in total. The van der Waals surface area contributed by atoms with E-state index in [1.165, 1.54) is 18.9 Å². The van der Waals surface area contributed by atoms with Gasteiger partial charge in [0, 0.05) is 40.3 Å². The lowest BCUT2D eigenvalue weighted by molar-refractivity contribution is -0.134. The third-order valence-electron chi connectivity index (χ3n) is 5.88. The van der Waals surface area contributed by atoms with Crippen molar-refractivity contribution >= 4 is 33.7 Å². The molecule has 2 fully saturated rings. The van der Waals surface area contributed by atoms with Crippen molar-refractivity contribution in [3.05, 3.63) is 76.0 Å². The highest BCUT2D eigenvalue weighted by Crippen LogP contribution is 2.41. The van der Waals surface area contributed by atoms with Crippen LogP contribution in [0.2, 0.25) is 0 Å². The molecule has 4 rings (SSSR count). The number of hydrogen-bond donors (Lipinski definition) is 2. The van der Waals surface area contributed by atoms with Gasteiger partial charge in [0.1, 0.15) is 0 Å². The zero-order chi connectivity index (χ0) is 25.5. The van der Waals surface area contributed by atoms with Crippen LogP contribution >= 0.6 is 15.9 Å². The van der Waals surface area contributed by atoms with E-state index < -0.39 is 17.8 Å². The third-order valence-corrected chi connectivity index (χ3v) is 6.41. The lowest BCUT2D eigenvalue weighted by Crippen LogP contribution is -2.24. The molecule has 0 radical (unpaired) electrons. The van der Waals surface area contributed by atoms with Crippen LogP contribution in [0.5, 0.6) is 5.75 Å². The highest BCUT2D eigenvalue weighted by Gasteiger charge is 2.40. The van der Waals surface area contributed by atoms with Crippen LogP contribution in [0.4, 0.5) is 4.39 Å². The Morgan fingerprint density at radius 3 is 2.17 bits per heavy atom. The highest BCUT2D eigenvalue weighted by atomic mass is 79.9. The number of rotatable bonds is 10. The van der Waals surface area contributed by atoms with Crippen LogP contribution in [0.15, 0.2) is 59.1 Å². The molecule has 0 amide bonds. The minimum atomic E-state index is -1.26. The number of carbonyl (C=O) groups is 3. The molecule has 9 heteroatoms. The Kier molecular flexibility index (Phi) is 9.17. The molecule has 2 saturated carbocycles. The van der Waals surface area contributed by atoms with Gasteiger partial charge in [0.2, 0.25) is 0 Å². The summed E-state index contributed by atoms with van der Waals surface area (Å²) in [6, 6.07) is 12.3. The maximum absolute atomic E-state index is 14.4. The molecular formula is C26H27BrFNO6. The number of ketones is 1. The summed E-state index contributed by atoms with van der Waals surface area (Å²) in [4.78, 5) is 34.0. The molecule has 0 aromatic heterocycles. The van der Waals surface area contributed by atoms with Crippen LogP contribution in [0.1, 0.15) is 35.2 Å². The van der Waals surface area contributed by atoms with Gasteiger partial charge in [-0.1, -0.05) is 15.9 Å². The predicted octanol–water partition coefficient (Wildman–Crippen LogP) is 4.64. The number of benzene rings is 2. The van der Waals surface area contributed by atoms with Gasteiger partial charge in [-0.3, -0.25) is 4.79 Å². The Morgan fingerprint density at radius 2 is 1.63 bits per heavy atom. The molecule has 2 aliphatic rings. The summed E-state index contributed by atoms with van der Waals surface area (Å²) in [6.45, 7) is 1.65. The number of aliphatic carboxylic acids is 2. The number of nitrogens with zero attached hydrogens (tertiary/aromatic N) is 1. The van der Waals surface area contributed by atoms with Gasteiger partial charge < -0.3 is 19.8 Å². The summed E-state index contributed by atoms with van der Waals surface area (Å²) in [7, 11) is 2.19. The van der Waals surface area contributed by atoms with Crippen molar-refractivity contribution in [3.8, 4) is 5.75 Å². The van der Waals surface area contributed by atoms with Gasteiger partial charge in [0.15, 0.2) is 17.3 Å². The Hall–Kier alpha value is -3.04. The number of carboxylic acid groups (broad SMARTS) is 2. The number of carbonyl (C=O) groups excluding carboxylic acids is 1. The van der Waals surface area contributed by atoms with E-state index in [-0.39, 0.29) is 11.5 Å². The Labute approximate surface area is 211 Å². The Balaban J connectivity index is 0.000000371. The summed E-state index contributed by atoms with van der Waals surface area (Å²) in [5.74, 6) is -1.79. The fraction of sp³-hybridized carbons (Fsp3) is 0.346. The summed E-state index contributed by atoms with van der Waals surface area (Å²) < 4.78 is 21.0. The molecule has 0 heterocycles. The van der Waals surface area contributed by atoms with Crippen LogP contribution in [0.25, 0.3) is 0 Å². The molecule has 2 atom stereocenters. The normalized spacial score (nSPS) is 18.6. The van der Waals surface area contributed by atoms with E-state index in [0.717, 1.165) is 23.5 Å². The molecule has 0 aliphatic heterocycles. The molecule has 0 bridgehead atoms. The molecule has 0 spiro atoms. The average molecular weight is 548 g/mol. The van der Waals surface area contributed by atoms with Crippen LogP contribution in [-0.2, 0) is 9.59 Å². The van der Waals surface area contributed by atoms with Crippen molar-refractivity contribution in [2.75, 3.05) is 20.2 Å². The molecule has 2 aliphatic carbocycles. The van der Waals surface area contributed by atoms with Crippen LogP contribution in [0.3, 0.4) is 0 Å². The van der Waals surface area contributed by atoms with Gasteiger partial charge in [-0.05, 0) is 80.6 Å². The van der Waals surface area contributed by atoms with E-state index in [0.29, 0.717) is 41.7 Å². The number of hydrogen-bond acceptors (Lipinski definition) is 5. The fourth-order valence-electron chi connectivity index (χ4n) is 3.64. The SMILES string of the molecule is CN(CC1CC1COc1ccc(C(=O)c2ccc(Br)cc2)cc1F)C1CC1.O=C(O)C=CC(=O)O. The monoisotopic (exact) mass is 547 g/mol. The first-order chi connectivity index (χ1) is 16.6. The predicted molar refractivity (Wildman–Crippen MR) is 131 cm³/mol. The summed E-state index contributed by atoms with van der Waals surface area (Å²) in [5.41, 5.74) is 0.865. The zero-order valence-corrected chi connectivity index (χ0v) is 20.8. The highest BCUT2D eigenvalue weighted by molar-refractivity contribution is 9.10. The molecule has 0 saturated heterocycles. The van der Waals surface area contributed by atoms with Gasteiger partial charge in [-0.25, -0.2) is 14.0 Å². The van der Waals surface area contributed by atoms with Crippen molar-refractivity contribution < 1.29 is 33.7 Å². The van der Waals surface area contributed by atoms with E-state index in [1.807, 2.05) is 0 Å². The van der Waals surface area contributed by atoms with Crippen molar-refractivity contribution in [3.63, 3.8) is 0 Å². The van der Waals surface area contributed by atoms with Gasteiger partial charge in [0.05, 0.1) is 6.61 Å². The quantitative estimate of drug-likeness (QED) is 0.329. The zero-order valence-electron chi connectivity index (χ0n) is 19.2. The first-order valence-corrected chi connectivity index (χ1v) is 12.0. The van der Waals surface area contributed by atoms with Crippen LogP contribution in [0, 0.1) is 17.7 Å². The average Bonchev–Trinajstić information content (AvgIpc) is 3.73. The second kappa shape index (κ2) is 12.1. The molecule has 2 N–H and O–H groups in total. The number of ether oxygens (including phenoxy) is 1. The van der Waals surface area contributed by atoms with Gasteiger partial charge in [0.25, 0.3) is 0 Å². The molecule has 2 unspecified atom stereocenters. The Morgan fingerprint density at radius 1 is 1.03 bits per heavy atom. The number of carboxylic acids is 2. The maximum Gasteiger partial charge on any atom is 0.328 e.